The average Bonchev–Trinajstić information content (AvgIpc) is 2.83. The SMILES string of the molecule is Cc1ccccc1C(=O)N1CCC(COc2ccccc2C(=O)N2CCOCC2)CC1. The maximum Gasteiger partial charge on any atom is 0.257 e. The molecule has 0 spiro atoms. The number of ether oxygens (including phenoxy) is 2. The number of carbonyl (C=O) groups is 2. The number of hydrogen-bond donors (Lipinski definition) is 0. The Bertz CT molecular complexity index is 915. The maximum atomic E-state index is 12.9. The van der Waals surface area contributed by atoms with E-state index >= 15 is 0 Å². The van der Waals surface area contributed by atoms with E-state index in [0.29, 0.717) is 50.1 Å². The van der Waals surface area contributed by atoms with Crippen LogP contribution in [0.3, 0.4) is 0 Å². The van der Waals surface area contributed by atoms with Crippen LogP contribution in [0.2, 0.25) is 0 Å². The number of nitrogens with zero attached hydrogens (tertiary/aromatic N) is 2. The molecule has 2 saturated heterocycles. The summed E-state index contributed by atoms with van der Waals surface area (Å²) in [6.07, 6.45) is 1.80. The summed E-state index contributed by atoms with van der Waals surface area (Å²) < 4.78 is 11.5. The summed E-state index contributed by atoms with van der Waals surface area (Å²) >= 11 is 0. The van der Waals surface area contributed by atoms with Gasteiger partial charge < -0.3 is 19.3 Å². The first-order valence-electron chi connectivity index (χ1n) is 11.1. The third-order valence-electron chi connectivity index (χ3n) is 6.17. The first-order chi connectivity index (χ1) is 15.1. The summed E-state index contributed by atoms with van der Waals surface area (Å²) in [6.45, 7) is 6.37. The Balaban J connectivity index is 1.32. The highest BCUT2D eigenvalue weighted by Crippen LogP contribution is 2.25. The van der Waals surface area contributed by atoms with Gasteiger partial charge in [-0.1, -0.05) is 30.3 Å². The van der Waals surface area contributed by atoms with Gasteiger partial charge in [-0.15, -0.1) is 0 Å². The Morgan fingerprint density at radius 3 is 2.16 bits per heavy atom. The molecule has 2 heterocycles. The van der Waals surface area contributed by atoms with E-state index in [0.717, 1.165) is 37.1 Å². The Hall–Kier alpha value is -2.86. The molecule has 6 nitrogen and oxygen atoms in total. The van der Waals surface area contributed by atoms with E-state index in [9.17, 15) is 9.59 Å². The molecule has 0 bridgehead atoms. The molecule has 31 heavy (non-hydrogen) atoms. The highest BCUT2D eigenvalue weighted by atomic mass is 16.5. The lowest BCUT2D eigenvalue weighted by molar-refractivity contribution is 0.0299. The zero-order valence-electron chi connectivity index (χ0n) is 18.1. The molecule has 0 saturated carbocycles. The number of amides is 2. The minimum absolute atomic E-state index is 0.00227. The monoisotopic (exact) mass is 422 g/mol. The van der Waals surface area contributed by atoms with Crippen molar-refractivity contribution in [1.29, 1.82) is 0 Å². The average molecular weight is 423 g/mol. The lowest BCUT2D eigenvalue weighted by Crippen LogP contribution is -2.41. The second kappa shape index (κ2) is 9.96. The van der Waals surface area contributed by atoms with Crippen LogP contribution < -0.4 is 4.74 Å². The van der Waals surface area contributed by atoms with Crippen LogP contribution in [0.4, 0.5) is 0 Å². The van der Waals surface area contributed by atoms with Gasteiger partial charge in [0.25, 0.3) is 11.8 Å². The zero-order valence-corrected chi connectivity index (χ0v) is 18.1. The molecule has 2 aromatic rings. The predicted molar refractivity (Wildman–Crippen MR) is 118 cm³/mol. The minimum atomic E-state index is -0.00227. The van der Waals surface area contributed by atoms with Crippen LogP contribution >= 0.6 is 0 Å². The van der Waals surface area contributed by atoms with Crippen molar-refractivity contribution < 1.29 is 19.1 Å². The van der Waals surface area contributed by atoms with Crippen LogP contribution in [0.5, 0.6) is 5.75 Å². The molecular formula is C25H30N2O4. The number of morpholine rings is 1. The molecule has 0 aliphatic carbocycles. The van der Waals surface area contributed by atoms with Gasteiger partial charge in [0, 0.05) is 31.7 Å². The molecular weight excluding hydrogens is 392 g/mol. The van der Waals surface area contributed by atoms with Crippen molar-refractivity contribution in [2.45, 2.75) is 19.8 Å². The van der Waals surface area contributed by atoms with Crippen molar-refractivity contribution in [3.8, 4) is 5.75 Å². The normalized spacial score (nSPS) is 17.5. The van der Waals surface area contributed by atoms with Crippen LogP contribution in [-0.4, -0.2) is 67.6 Å². The van der Waals surface area contributed by atoms with Gasteiger partial charge in [0.05, 0.1) is 25.4 Å². The Morgan fingerprint density at radius 2 is 1.45 bits per heavy atom. The van der Waals surface area contributed by atoms with Crippen molar-refractivity contribution in [2.24, 2.45) is 5.92 Å². The summed E-state index contributed by atoms with van der Waals surface area (Å²) in [5.74, 6) is 1.11. The van der Waals surface area contributed by atoms with Gasteiger partial charge in [0.1, 0.15) is 5.75 Å². The number of aryl methyl sites for hydroxylation is 1. The van der Waals surface area contributed by atoms with Crippen molar-refractivity contribution in [1.82, 2.24) is 9.80 Å². The number of piperidine rings is 1. The molecule has 0 N–H and O–H groups in total. The molecule has 2 aliphatic heterocycles. The molecule has 164 valence electrons. The van der Waals surface area contributed by atoms with Gasteiger partial charge in [-0.25, -0.2) is 0 Å². The third-order valence-corrected chi connectivity index (χ3v) is 6.17. The van der Waals surface area contributed by atoms with E-state index in [1.54, 1.807) is 0 Å². The topological polar surface area (TPSA) is 59.1 Å². The molecule has 2 aromatic carbocycles. The van der Waals surface area contributed by atoms with E-state index in [1.807, 2.05) is 65.3 Å². The smallest absolute Gasteiger partial charge is 0.257 e. The fraction of sp³-hybridized carbons (Fsp3) is 0.440. The van der Waals surface area contributed by atoms with Crippen LogP contribution in [0, 0.1) is 12.8 Å². The first-order valence-corrected chi connectivity index (χ1v) is 11.1. The summed E-state index contributed by atoms with van der Waals surface area (Å²) in [7, 11) is 0. The molecule has 6 heteroatoms. The number of hydrogen-bond acceptors (Lipinski definition) is 4. The van der Waals surface area contributed by atoms with Gasteiger partial charge in [0.15, 0.2) is 0 Å². The maximum absolute atomic E-state index is 12.9. The van der Waals surface area contributed by atoms with E-state index in [-0.39, 0.29) is 11.8 Å². The first kappa shape index (κ1) is 21.4. The molecule has 2 aliphatic rings. The molecule has 2 fully saturated rings. The van der Waals surface area contributed by atoms with Crippen molar-refractivity contribution in [3.63, 3.8) is 0 Å². The van der Waals surface area contributed by atoms with E-state index in [4.69, 9.17) is 9.47 Å². The lowest BCUT2D eigenvalue weighted by atomic mass is 9.96. The second-order valence-electron chi connectivity index (χ2n) is 8.26. The number of likely N-dealkylation sites (tertiary alicyclic amines) is 1. The fourth-order valence-corrected chi connectivity index (χ4v) is 4.20. The lowest BCUT2D eigenvalue weighted by Gasteiger charge is -2.32. The summed E-state index contributed by atoms with van der Waals surface area (Å²) in [5.41, 5.74) is 2.41. The quantitative estimate of drug-likeness (QED) is 0.741. The van der Waals surface area contributed by atoms with E-state index < -0.39 is 0 Å². The highest BCUT2D eigenvalue weighted by molar-refractivity contribution is 5.97. The van der Waals surface area contributed by atoms with Crippen LogP contribution in [0.1, 0.15) is 39.1 Å². The van der Waals surface area contributed by atoms with Crippen molar-refractivity contribution in [2.75, 3.05) is 46.0 Å². The third kappa shape index (κ3) is 5.07. The zero-order chi connectivity index (χ0) is 21.6. The standard InChI is InChI=1S/C25H30N2O4/c1-19-6-2-3-7-21(19)24(28)26-12-10-20(11-13-26)18-31-23-9-5-4-8-22(23)25(29)27-14-16-30-17-15-27/h2-9,20H,10-18H2,1H3. The van der Waals surface area contributed by atoms with Gasteiger partial charge in [-0.3, -0.25) is 9.59 Å². The van der Waals surface area contributed by atoms with E-state index in [1.165, 1.54) is 0 Å². The fourth-order valence-electron chi connectivity index (χ4n) is 4.20. The van der Waals surface area contributed by atoms with E-state index in [2.05, 4.69) is 0 Å². The number of carbonyl (C=O) groups excluding carboxylic acids is 2. The molecule has 0 unspecified atom stereocenters. The number of rotatable bonds is 5. The highest BCUT2D eigenvalue weighted by Gasteiger charge is 2.26. The Labute approximate surface area is 183 Å². The molecule has 2 amide bonds. The van der Waals surface area contributed by atoms with Crippen LogP contribution in [-0.2, 0) is 4.74 Å². The van der Waals surface area contributed by atoms with Gasteiger partial charge in [-0.2, -0.15) is 0 Å². The molecule has 4 rings (SSSR count). The van der Waals surface area contributed by atoms with Crippen LogP contribution in [0.25, 0.3) is 0 Å². The Kier molecular flexibility index (Phi) is 6.87. The second-order valence-corrected chi connectivity index (χ2v) is 8.26. The minimum Gasteiger partial charge on any atom is -0.492 e. The summed E-state index contributed by atoms with van der Waals surface area (Å²) in [6, 6.07) is 15.2. The van der Waals surface area contributed by atoms with Crippen molar-refractivity contribution in [3.05, 3.63) is 65.2 Å². The molecule has 0 radical (unpaired) electrons. The largest absolute Gasteiger partial charge is 0.492 e. The van der Waals surface area contributed by atoms with Gasteiger partial charge in [0.2, 0.25) is 0 Å². The summed E-state index contributed by atoms with van der Waals surface area (Å²) in [4.78, 5) is 29.5. The van der Waals surface area contributed by atoms with Gasteiger partial charge >= 0.3 is 0 Å². The summed E-state index contributed by atoms with van der Waals surface area (Å²) in [5, 5.41) is 0. The number of benzene rings is 2. The van der Waals surface area contributed by atoms with Gasteiger partial charge in [-0.05, 0) is 49.4 Å². The molecule has 0 aromatic heterocycles. The van der Waals surface area contributed by atoms with Crippen LogP contribution in [0.15, 0.2) is 48.5 Å². The van der Waals surface area contributed by atoms with Crippen molar-refractivity contribution >= 4 is 11.8 Å². The number of para-hydroxylation sites is 1. The Morgan fingerprint density at radius 1 is 0.871 bits per heavy atom. The predicted octanol–water partition coefficient (Wildman–Crippen LogP) is 3.40. The molecule has 0 atom stereocenters.